The van der Waals surface area contributed by atoms with E-state index in [0.717, 1.165) is 25.4 Å². The number of nitrogens with zero attached hydrogens (tertiary/aromatic N) is 1. The van der Waals surface area contributed by atoms with Gasteiger partial charge in [0.1, 0.15) is 0 Å². The van der Waals surface area contributed by atoms with Crippen LogP contribution in [0.25, 0.3) is 0 Å². The molecule has 2 heteroatoms. The van der Waals surface area contributed by atoms with Gasteiger partial charge in [0, 0.05) is 6.61 Å². The van der Waals surface area contributed by atoms with Crippen molar-refractivity contribution in [1.82, 2.24) is 0 Å². The van der Waals surface area contributed by atoms with Crippen molar-refractivity contribution in [1.29, 1.82) is 5.26 Å². The normalized spacial score (nSPS) is 42.1. The zero-order valence-electron chi connectivity index (χ0n) is 9.61. The molecule has 2 atom stereocenters. The molecule has 1 aliphatic carbocycles. The van der Waals surface area contributed by atoms with E-state index >= 15 is 0 Å². The van der Waals surface area contributed by atoms with E-state index in [-0.39, 0.29) is 12.0 Å². The molecule has 0 bridgehead atoms. The van der Waals surface area contributed by atoms with E-state index in [1.165, 1.54) is 25.7 Å². The highest BCUT2D eigenvalue weighted by Gasteiger charge is 2.34. The van der Waals surface area contributed by atoms with E-state index in [1.54, 1.807) is 0 Å². The quantitative estimate of drug-likeness (QED) is 0.661. The van der Waals surface area contributed by atoms with Crippen molar-refractivity contribution < 1.29 is 4.74 Å². The Morgan fingerprint density at radius 2 is 1.87 bits per heavy atom. The summed E-state index contributed by atoms with van der Waals surface area (Å²) >= 11 is 0. The third-order valence-corrected chi connectivity index (χ3v) is 4.06. The van der Waals surface area contributed by atoms with Gasteiger partial charge in [-0.15, -0.1) is 0 Å². The lowest BCUT2D eigenvalue weighted by Gasteiger charge is -2.37. The summed E-state index contributed by atoms with van der Waals surface area (Å²) in [5, 5.41) is 9.11. The predicted octanol–water partition coefficient (Wildman–Crippen LogP) is 3.13. The van der Waals surface area contributed by atoms with Crippen LogP contribution in [-0.4, -0.2) is 12.7 Å². The standard InChI is InChI=1S/C13H21NO/c1-10-4-6-11(7-5-10)13-12(9-14)3-2-8-15-13/h10-13H,2-8H2,1H3. The van der Waals surface area contributed by atoms with Crippen LogP contribution in [0.2, 0.25) is 0 Å². The maximum absolute atomic E-state index is 9.11. The van der Waals surface area contributed by atoms with Crippen LogP contribution in [0.4, 0.5) is 0 Å². The van der Waals surface area contributed by atoms with E-state index in [2.05, 4.69) is 13.0 Å². The zero-order valence-corrected chi connectivity index (χ0v) is 9.61. The smallest absolute Gasteiger partial charge is 0.0761 e. The first-order valence-electron chi connectivity index (χ1n) is 6.32. The molecular weight excluding hydrogens is 186 g/mol. The fourth-order valence-electron chi connectivity index (χ4n) is 3.02. The topological polar surface area (TPSA) is 33.0 Å². The molecule has 1 saturated carbocycles. The molecule has 2 rings (SSSR count). The molecule has 2 fully saturated rings. The Hall–Kier alpha value is -0.550. The van der Waals surface area contributed by atoms with Crippen molar-refractivity contribution in [3.8, 4) is 6.07 Å². The average molecular weight is 207 g/mol. The molecule has 1 heterocycles. The molecule has 0 N–H and O–H groups in total. The zero-order chi connectivity index (χ0) is 10.7. The molecule has 15 heavy (non-hydrogen) atoms. The Kier molecular flexibility index (Phi) is 3.64. The van der Waals surface area contributed by atoms with E-state index in [0.29, 0.717) is 5.92 Å². The summed E-state index contributed by atoms with van der Waals surface area (Å²) in [6, 6.07) is 2.44. The highest BCUT2D eigenvalue weighted by atomic mass is 16.5. The van der Waals surface area contributed by atoms with Crippen LogP contribution in [0.3, 0.4) is 0 Å². The van der Waals surface area contributed by atoms with Crippen molar-refractivity contribution in [2.45, 2.75) is 51.6 Å². The van der Waals surface area contributed by atoms with E-state index < -0.39 is 0 Å². The van der Waals surface area contributed by atoms with E-state index in [4.69, 9.17) is 10.00 Å². The Labute approximate surface area is 92.6 Å². The molecule has 84 valence electrons. The molecule has 1 aliphatic heterocycles. The second-order valence-corrected chi connectivity index (χ2v) is 5.23. The minimum Gasteiger partial charge on any atom is -0.377 e. The summed E-state index contributed by atoms with van der Waals surface area (Å²) in [6.07, 6.45) is 7.54. The molecule has 0 aromatic rings. The molecule has 2 nitrogen and oxygen atoms in total. The van der Waals surface area contributed by atoms with Crippen LogP contribution < -0.4 is 0 Å². The lowest BCUT2D eigenvalue weighted by molar-refractivity contribution is -0.0555. The summed E-state index contributed by atoms with van der Waals surface area (Å²) in [4.78, 5) is 0. The second-order valence-electron chi connectivity index (χ2n) is 5.23. The molecule has 2 aliphatic rings. The minimum atomic E-state index is 0.164. The van der Waals surface area contributed by atoms with Crippen LogP contribution in [0.15, 0.2) is 0 Å². The first kappa shape index (κ1) is 11.0. The van der Waals surface area contributed by atoms with Crippen molar-refractivity contribution in [3.63, 3.8) is 0 Å². The van der Waals surface area contributed by atoms with Crippen molar-refractivity contribution in [3.05, 3.63) is 0 Å². The number of hydrogen-bond acceptors (Lipinski definition) is 2. The van der Waals surface area contributed by atoms with Crippen LogP contribution in [-0.2, 0) is 4.74 Å². The summed E-state index contributed by atoms with van der Waals surface area (Å²) in [7, 11) is 0. The van der Waals surface area contributed by atoms with Gasteiger partial charge in [0.2, 0.25) is 0 Å². The number of hydrogen-bond donors (Lipinski definition) is 0. The highest BCUT2D eigenvalue weighted by Crippen LogP contribution is 2.36. The SMILES string of the molecule is CC1CCC(C2OCCCC2C#N)CC1. The third kappa shape index (κ3) is 2.52. The number of nitriles is 1. The van der Waals surface area contributed by atoms with Crippen LogP contribution in [0.1, 0.15) is 45.4 Å². The summed E-state index contributed by atoms with van der Waals surface area (Å²) in [5.41, 5.74) is 0. The lowest BCUT2D eigenvalue weighted by atomic mass is 9.75. The van der Waals surface area contributed by atoms with E-state index in [1.807, 2.05) is 0 Å². The van der Waals surface area contributed by atoms with Crippen molar-refractivity contribution >= 4 is 0 Å². The Morgan fingerprint density at radius 3 is 2.53 bits per heavy atom. The Balaban J connectivity index is 1.93. The molecule has 0 aromatic carbocycles. The van der Waals surface area contributed by atoms with Gasteiger partial charge in [-0.3, -0.25) is 0 Å². The maximum Gasteiger partial charge on any atom is 0.0761 e. The van der Waals surface area contributed by atoms with Gasteiger partial charge in [0.15, 0.2) is 0 Å². The van der Waals surface area contributed by atoms with Crippen molar-refractivity contribution in [2.75, 3.05) is 6.61 Å². The largest absolute Gasteiger partial charge is 0.377 e. The van der Waals surface area contributed by atoms with E-state index in [9.17, 15) is 0 Å². The third-order valence-electron chi connectivity index (χ3n) is 4.06. The summed E-state index contributed by atoms with van der Waals surface area (Å²) < 4.78 is 5.83. The van der Waals surface area contributed by atoms with Gasteiger partial charge in [-0.05, 0) is 37.5 Å². The van der Waals surface area contributed by atoms with Gasteiger partial charge in [0.25, 0.3) is 0 Å². The molecule has 0 amide bonds. The van der Waals surface area contributed by atoms with Gasteiger partial charge in [0.05, 0.1) is 18.1 Å². The highest BCUT2D eigenvalue weighted by molar-refractivity contribution is 4.94. The monoisotopic (exact) mass is 207 g/mol. The second kappa shape index (κ2) is 4.99. The van der Waals surface area contributed by atoms with Crippen molar-refractivity contribution in [2.24, 2.45) is 17.8 Å². The van der Waals surface area contributed by atoms with Gasteiger partial charge in [-0.2, -0.15) is 5.26 Å². The van der Waals surface area contributed by atoms with Crippen LogP contribution in [0, 0.1) is 29.1 Å². The lowest BCUT2D eigenvalue weighted by Crippen LogP contribution is -2.37. The summed E-state index contributed by atoms with van der Waals surface area (Å²) in [5.74, 6) is 1.70. The molecule has 0 radical (unpaired) electrons. The first-order valence-corrected chi connectivity index (χ1v) is 6.32. The van der Waals surface area contributed by atoms with Crippen LogP contribution >= 0.6 is 0 Å². The maximum atomic E-state index is 9.11. The average Bonchev–Trinajstić information content (AvgIpc) is 2.30. The first-order chi connectivity index (χ1) is 7.31. The van der Waals surface area contributed by atoms with Gasteiger partial charge >= 0.3 is 0 Å². The fourth-order valence-corrected chi connectivity index (χ4v) is 3.02. The fraction of sp³-hybridized carbons (Fsp3) is 0.923. The van der Waals surface area contributed by atoms with Gasteiger partial charge in [-0.25, -0.2) is 0 Å². The Bertz CT molecular complexity index is 237. The predicted molar refractivity (Wildman–Crippen MR) is 59.2 cm³/mol. The molecule has 0 spiro atoms. The minimum absolute atomic E-state index is 0.164. The summed E-state index contributed by atoms with van der Waals surface area (Å²) in [6.45, 7) is 3.20. The molecule has 0 aromatic heterocycles. The number of rotatable bonds is 1. The molecular formula is C13H21NO. The van der Waals surface area contributed by atoms with Gasteiger partial charge < -0.3 is 4.74 Å². The van der Waals surface area contributed by atoms with Crippen LogP contribution in [0.5, 0.6) is 0 Å². The van der Waals surface area contributed by atoms with Gasteiger partial charge in [-0.1, -0.05) is 19.8 Å². The Morgan fingerprint density at radius 1 is 1.13 bits per heavy atom. The number of ether oxygens (including phenoxy) is 1. The molecule has 2 unspecified atom stereocenters. The molecule has 1 saturated heterocycles.